The van der Waals surface area contributed by atoms with E-state index in [0.29, 0.717) is 13.1 Å². The summed E-state index contributed by atoms with van der Waals surface area (Å²) in [6.45, 7) is 7.75. The largest absolute Gasteiger partial charge is 0.490 e. The molecule has 2 aliphatic heterocycles. The van der Waals surface area contributed by atoms with Crippen molar-refractivity contribution >= 4 is 17.8 Å². The van der Waals surface area contributed by atoms with Crippen LogP contribution in [0, 0.1) is 25.2 Å². The fourth-order valence-corrected chi connectivity index (χ4v) is 5.51. The molecule has 0 saturated carbocycles. The highest BCUT2D eigenvalue weighted by molar-refractivity contribution is 5.94. The Bertz CT molecular complexity index is 1210. The van der Waals surface area contributed by atoms with Gasteiger partial charge in [-0.05, 0) is 49.9 Å². The molecule has 0 radical (unpaired) electrons. The highest BCUT2D eigenvalue weighted by Crippen LogP contribution is 2.44. The van der Waals surface area contributed by atoms with E-state index in [-0.39, 0.29) is 17.7 Å². The van der Waals surface area contributed by atoms with Crippen molar-refractivity contribution in [1.29, 1.82) is 0 Å². The molecule has 2 aliphatic rings. The highest BCUT2D eigenvalue weighted by atomic mass is 19.4. The standard InChI is InChI=1S/C25H35N5O2.C2HF3O2/c1-18-7-8-21(11-19(18)2)23(31)30-10-6-9-25(24(32)27(3)4)17-29(15-22(25)16-30)14-20-12-26-28(5)13-20;3-2(4,5)1(6)7/h7-8,11-13,22H,6,9-10,14-17H2,1-5H3;(H,6,7)/t22-,25+;/m1./s1. The van der Waals surface area contributed by atoms with Crippen LogP contribution in [0.1, 0.15) is 39.9 Å². The monoisotopic (exact) mass is 551 g/mol. The molecule has 1 aromatic carbocycles. The molecule has 4 rings (SSSR count). The Morgan fingerprint density at radius 3 is 2.36 bits per heavy atom. The molecular weight excluding hydrogens is 515 g/mol. The third kappa shape index (κ3) is 6.97. The average Bonchev–Trinajstić information content (AvgIpc) is 3.36. The number of likely N-dealkylation sites (tertiary alicyclic amines) is 2. The number of aryl methyl sites for hydroxylation is 3. The number of halogens is 3. The van der Waals surface area contributed by atoms with Gasteiger partial charge in [-0.25, -0.2) is 4.79 Å². The zero-order chi connectivity index (χ0) is 29.1. The molecule has 39 heavy (non-hydrogen) atoms. The van der Waals surface area contributed by atoms with Crippen molar-refractivity contribution < 1.29 is 32.7 Å². The molecular formula is C27H36F3N5O4. The van der Waals surface area contributed by atoms with E-state index in [0.717, 1.165) is 49.2 Å². The van der Waals surface area contributed by atoms with Crippen LogP contribution < -0.4 is 0 Å². The van der Waals surface area contributed by atoms with Gasteiger partial charge in [-0.1, -0.05) is 6.07 Å². The third-order valence-electron chi connectivity index (χ3n) is 7.54. The van der Waals surface area contributed by atoms with Gasteiger partial charge >= 0.3 is 12.1 Å². The zero-order valence-corrected chi connectivity index (χ0v) is 23.0. The first-order valence-corrected chi connectivity index (χ1v) is 12.7. The van der Waals surface area contributed by atoms with E-state index in [9.17, 15) is 22.8 Å². The minimum atomic E-state index is -5.08. The summed E-state index contributed by atoms with van der Waals surface area (Å²) in [4.78, 5) is 41.8. The molecule has 214 valence electrons. The number of aliphatic carboxylic acids is 1. The van der Waals surface area contributed by atoms with Gasteiger partial charge in [-0.3, -0.25) is 19.2 Å². The van der Waals surface area contributed by atoms with Gasteiger partial charge in [0.2, 0.25) is 5.91 Å². The van der Waals surface area contributed by atoms with Crippen LogP contribution in [0.15, 0.2) is 30.6 Å². The predicted octanol–water partition coefficient (Wildman–Crippen LogP) is 3.11. The summed E-state index contributed by atoms with van der Waals surface area (Å²) >= 11 is 0. The summed E-state index contributed by atoms with van der Waals surface area (Å²) in [5.74, 6) is -2.37. The maximum atomic E-state index is 13.5. The van der Waals surface area contributed by atoms with Crippen LogP contribution in [0.2, 0.25) is 0 Å². The molecule has 2 atom stereocenters. The minimum Gasteiger partial charge on any atom is -0.475 e. The predicted molar refractivity (Wildman–Crippen MR) is 138 cm³/mol. The van der Waals surface area contributed by atoms with Crippen molar-refractivity contribution in [1.82, 2.24) is 24.5 Å². The van der Waals surface area contributed by atoms with Gasteiger partial charge in [-0.2, -0.15) is 18.3 Å². The lowest BCUT2D eigenvalue weighted by Gasteiger charge is -2.35. The molecule has 2 amide bonds. The molecule has 3 heterocycles. The van der Waals surface area contributed by atoms with Gasteiger partial charge < -0.3 is 14.9 Å². The van der Waals surface area contributed by atoms with E-state index in [1.54, 1.807) is 4.90 Å². The number of carbonyl (C=O) groups is 3. The van der Waals surface area contributed by atoms with Crippen LogP contribution in [0.4, 0.5) is 13.2 Å². The van der Waals surface area contributed by atoms with E-state index in [4.69, 9.17) is 9.90 Å². The molecule has 0 aliphatic carbocycles. The number of benzene rings is 1. The maximum Gasteiger partial charge on any atom is 0.490 e. The normalized spacial score (nSPS) is 21.4. The van der Waals surface area contributed by atoms with Crippen molar-refractivity contribution in [3.63, 3.8) is 0 Å². The summed E-state index contributed by atoms with van der Waals surface area (Å²) in [7, 11) is 5.62. The number of carbonyl (C=O) groups excluding carboxylic acids is 2. The topological polar surface area (TPSA) is 99.0 Å². The number of carboxylic acid groups (broad SMARTS) is 1. The Morgan fingerprint density at radius 1 is 1.15 bits per heavy atom. The quantitative estimate of drug-likeness (QED) is 0.627. The van der Waals surface area contributed by atoms with Crippen molar-refractivity contribution in [2.24, 2.45) is 18.4 Å². The summed E-state index contributed by atoms with van der Waals surface area (Å²) in [6, 6.07) is 5.94. The minimum absolute atomic E-state index is 0.0758. The number of rotatable bonds is 4. The number of amides is 2. The molecule has 0 spiro atoms. The van der Waals surface area contributed by atoms with Crippen LogP contribution in [-0.4, -0.2) is 93.8 Å². The number of nitrogens with zero attached hydrogens (tertiary/aromatic N) is 5. The van der Waals surface area contributed by atoms with E-state index in [1.165, 1.54) is 5.56 Å². The van der Waals surface area contributed by atoms with Crippen molar-refractivity contribution in [3.05, 3.63) is 52.8 Å². The summed E-state index contributed by atoms with van der Waals surface area (Å²) in [5.41, 5.74) is 3.77. The fraction of sp³-hybridized carbons (Fsp3) is 0.556. The smallest absolute Gasteiger partial charge is 0.475 e. The van der Waals surface area contributed by atoms with Gasteiger partial charge in [-0.15, -0.1) is 0 Å². The number of carboxylic acids is 1. The van der Waals surface area contributed by atoms with Gasteiger partial charge in [0, 0.05) is 77.1 Å². The summed E-state index contributed by atoms with van der Waals surface area (Å²) in [6.07, 6.45) is 0.497. The Hall–Kier alpha value is -3.41. The lowest BCUT2D eigenvalue weighted by molar-refractivity contribution is -0.192. The van der Waals surface area contributed by atoms with Crippen molar-refractivity contribution in [3.8, 4) is 0 Å². The van der Waals surface area contributed by atoms with E-state index >= 15 is 0 Å². The summed E-state index contributed by atoms with van der Waals surface area (Å²) in [5, 5.41) is 11.4. The second-order valence-corrected chi connectivity index (χ2v) is 10.7. The van der Waals surface area contributed by atoms with Gasteiger partial charge in [0.05, 0.1) is 11.6 Å². The van der Waals surface area contributed by atoms with Crippen molar-refractivity contribution in [2.45, 2.75) is 39.4 Å². The molecule has 2 aromatic rings. The van der Waals surface area contributed by atoms with Crippen LogP contribution in [0.25, 0.3) is 0 Å². The van der Waals surface area contributed by atoms with Gasteiger partial charge in [0.25, 0.3) is 5.91 Å². The molecule has 1 aromatic heterocycles. The van der Waals surface area contributed by atoms with Crippen LogP contribution in [0.5, 0.6) is 0 Å². The molecule has 0 unspecified atom stereocenters. The van der Waals surface area contributed by atoms with Gasteiger partial charge in [0.1, 0.15) is 0 Å². The molecule has 0 bridgehead atoms. The number of hydrogen-bond donors (Lipinski definition) is 1. The lowest BCUT2D eigenvalue weighted by Crippen LogP contribution is -2.47. The zero-order valence-electron chi connectivity index (χ0n) is 23.0. The highest BCUT2D eigenvalue weighted by Gasteiger charge is 2.53. The first-order chi connectivity index (χ1) is 18.1. The van der Waals surface area contributed by atoms with Crippen molar-refractivity contribution in [2.75, 3.05) is 40.3 Å². The number of hydrogen-bond acceptors (Lipinski definition) is 5. The van der Waals surface area contributed by atoms with Crippen LogP contribution in [-0.2, 0) is 23.2 Å². The Morgan fingerprint density at radius 2 is 1.82 bits per heavy atom. The second-order valence-electron chi connectivity index (χ2n) is 10.7. The molecule has 12 heteroatoms. The third-order valence-corrected chi connectivity index (χ3v) is 7.54. The number of fused-ring (bicyclic) bond motifs is 1. The Labute approximate surface area is 226 Å². The maximum absolute atomic E-state index is 13.5. The second kappa shape index (κ2) is 11.8. The number of aromatic nitrogens is 2. The van der Waals surface area contributed by atoms with E-state index in [1.807, 2.05) is 68.2 Å². The van der Waals surface area contributed by atoms with Crippen LogP contribution in [0.3, 0.4) is 0 Å². The van der Waals surface area contributed by atoms with E-state index in [2.05, 4.69) is 16.9 Å². The SMILES string of the molecule is Cc1ccc(C(=O)N2CCC[C@]3(C(=O)N(C)C)CN(Cc4cnn(C)c4)C[C@@H]3C2)cc1C.O=C(O)C(F)(F)F. The molecule has 9 nitrogen and oxygen atoms in total. The van der Waals surface area contributed by atoms with E-state index < -0.39 is 17.6 Å². The molecule has 1 N–H and O–H groups in total. The van der Waals surface area contributed by atoms with Gasteiger partial charge in [0.15, 0.2) is 0 Å². The Kier molecular flexibility index (Phi) is 9.09. The molecule has 2 saturated heterocycles. The first-order valence-electron chi connectivity index (χ1n) is 12.7. The summed E-state index contributed by atoms with van der Waals surface area (Å²) < 4.78 is 33.5. The first kappa shape index (κ1) is 30.1. The average molecular weight is 552 g/mol. The number of alkyl halides is 3. The Balaban J connectivity index is 0.000000532. The lowest BCUT2D eigenvalue weighted by atomic mass is 9.74. The van der Waals surface area contributed by atoms with Crippen LogP contribution >= 0.6 is 0 Å². The molecule has 2 fully saturated rings. The fourth-order valence-electron chi connectivity index (χ4n) is 5.51.